The van der Waals surface area contributed by atoms with Crippen molar-refractivity contribution in [1.82, 2.24) is 9.80 Å². The van der Waals surface area contributed by atoms with Crippen molar-refractivity contribution in [3.05, 3.63) is 0 Å². The topological polar surface area (TPSA) is 49.6 Å². The molecule has 4 nitrogen and oxygen atoms in total. The molecule has 1 aliphatic rings. The summed E-state index contributed by atoms with van der Waals surface area (Å²) in [6.45, 7) is 15.1. The Labute approximate surface area is 131 Å². The van der Waals surface area contributed by atoms with E-state index in [-0.39, 0.29) is 5.91 Å². The summed E-state index contributed by atoms with van der Waals surface area (Å²) < 4.78 is 0. The van der Waals surface area contributed by atoms with Crippen LogP contribution in [0.25, 0.3) is 0 Å². The van der Waals surface area contributed by atoms with Crippen LogP contribution in [0.4, 0.5) is 0 Å². The Morgan fingerprint density at radius 3 is 2.29 bits per heavy atom. The van der Waals surface area contributed by atoms with Gasteiger partial charge in [0.1, 0.15) is 0 Å². The molecule has 0 aromatic heterocycles. The van der Waals surface area contributed by atoms with Crippen molar-refractivity contribution in [3.8, 4) is 0 Å². The molecular formula is C17H35N3O. The Hall–Kier alpha value is -0.610. The second kappa shape index (κ2) is 8.74. The molecule has 0 spiro atoms. The minimum absolute atomic E-state index is 0.280. The lowest BCUT2D eigenvalue weighted by Gasteiger charge is -2.37. The van der Waals surface area contributed by atoms with E-state index in [0.717, 1.165) is 39.0 Å². The molecule has 1 saturated heterocycles. The number of carbonyl (C=O) groups is 1. The normalized spacial score (nSPS) is 23.8. The van der Waals surface area contributed by atoms with Crippen LogP contribution in [-0.4, -0.2) is 54.5 Å². The highest BCUT2D eigenvalue weighted by Crippen LogP contribution is 2.18. The number of piperidine rings is 1. The molecule has 1 fully saturated rings. The summed E-state index contributed by atoms with van der Waals surface area (Å²) in [5.41, 5.74) is 6.15. The zero-order valence-corrected chi connectivity index (χ0v) is 14.6. The summed E-state index contributed by atoms with van der Waals surface area (Å²) in [5, 5.41) is 0. The zero-order valence-electron chi connectivity index (χ0n) is 14.6. The van der Waals surface area contributed by atoms with Crippen LogP contribution in [-0.2, 0) is 4.79 Å². The average molecular weight is 297 g/mol. The number of rotatable bonds is 7. The fourth-order valence-electron chi connectivity index (χ4n) is 3.15. The van der Waals surface area contributed by atoms with Crippen molar-refractivity contribution in [1.29, 1.82) is 0 Å². The van der Waals surface area contributed by atoms with E-state index in [9.17, 15) is 4.79 Å². The smallest absolute Gasteiger partial charge is 0.236 e. The molecule has 1 aliphatic heterocycles. The highest BCUT2D eigenvalue weighted by molar-refractivity contribution is 5.78. The largest absolute Gasteiger partial charge is 0.341 e. The summed E-state index contributed by atoms with van der Waals surface area (Å²) in [6, 6.07) is 0.309. The molecule has 1 rings (SSSR count). The van der Waals surface area contributed by atoms with Gasteiger partial charge in [0, 0.05) is 32.2 Å². The summed E-state index contributed by atoms with van der Waals surface area (Å²) >= 11 is 0. The van der Waals surface area contributed by atoms with Crippen molar-refractivity contribution < 1.29 is 4.79 Å². The first-order valence-electron chi connectivity index (χ1n) is 8.59. The maximum atomic E-state index is 12.6. The van der Waals surface area contributed by atoms with Crippen LogP contribution in [0.2, 0.25) is 0 Å². The van der Waals surface area contributed by atoms with Gasteiger partial charge in [0.25, 0.3) is 0 Å². The van der Waals surface area contributed by atoms with Crippen molar-refractivity contribution in [2.45, 2.75) is 53.5 Å². The minimum atomic E-state index is 0.280. The predicted molar refractivity (Wildman–Crippen MR) is 89.1 cm³/mol. The Bertz CT molecular complexity index is 307. The lowest BCUT2D eigenvalue weighted by molar-refractivity contribution is -0.134. The molecule has 1 heterocycles. The van der Waals surface area contributed by atoms with E-state index in [0.29, 0.717) is 30.3 Å². The third kappa shape index (κ3) is 6.35. The van der Waals surface area contributed by atoms with Crippen LogP contribution in [0.1, 0.15) is 47.5 Å². The molecule has 0 aromatic rings. The van der Waals surface area contributed by atoms with Crippen molar-refractivity contribution in [3.63, 3.8) is 0 Å². The lowest BCUT2D eigenvalue weighted by atomic mass is 9.91. The summed E-state index contributed by atoms with van der Waals surface area (Å²) in [6.07, 6.45) is 2.12. The van der Waals surface area contributed by atoms with Gasteiger partial charge in [-0.05, 0) is 24.2 Å². The van der Waals surface area contributed by atoms with E-state index in [1.165, 1.54) is 0 Å². The SMILES string of the molecule is CCC1CN(CC(=O)N(CC(C)C)CC(C)C)CCC1N. The number of carbonyl (C=O) groups excluding carboxylic acids is 1. The van der Waals surface area contributed by atoms with Gasteiger partial charge in [-0.25, -0.2) is 0 Å². The highest BCUT2D eigenvalue weighted by atomic mass is 16.2. The van der Waals surface area contributed by atoms with E-state index in [2.05, 4.69) is 39.5 Å². The zero-order chi connectivity index (χ0) is 16.0. The van der Waals surface area contributed by atoms with Crippen LogP contribution < -0.4 is 5.73 Å². The fraction of sp³-hybridized carbons (Fsp3) is 0.941. The van der Waals surface area contributed by atoms with Gasteiger partial charge in [0.2, 0.25) is 5.91 Å². The second-order valence-corrected chi connectivity index (χ2v) is 7.44. The monoisotopic (exact) mass is 297 g/mol. The second-order valence-electron chi connectivity index (χ2n) is 7.44. The average Bonchev–Trinajstić information content (AvgIpc) is 2.39. The van der Waals surface area contributed by atoms with Gasteiger partial charge in [-0.2, -0.15) is 0 Å². The molecule has 2 atom stereocenters. The maximum Gasteiger partial charge on any atom is 0.236 e. The molecule has 0 radical (unpaired) electrons. The first kappa shape index (κ1) is 18.4. The Balaban J connectivity index is 2.55. The third-order valence-corrected chi connectivity index (χ3v) is 4.28. The number of amides is 1. The maximum absolute atomic E-state index is 12.6. The molecular weight excluding hydrogens is 262 g/mol. The Kier molecular flexibility index (Phi) is 7.67. The Morgan fingerprint density at radius 1 is 1.24 bits per heavy atom. The molecule has 2 unspecified atom stereocenters. The predicted octanol–water partition coefficient (Wildman–Crippen LogP) is 2.19. The first-order chi connectivity index (χ1) is 9.83. The van der Waals surface area contributed by atoms with Crippen LogP contribution in [0.15, 0.2) is 0 Å². The van der Waals surface area contributed by atoms with Crippen molar-refractivity contribution in [2.75, 3.05) is 32.7 Å². The molecule has 21 heavy (non-hydrogen) atoms. The van der Waals surface area contributed by atoms with Crippen LogP contribution in [0, 0.1) is 17.8 Å². The lowest BCUT2D eigenvalue weighted by Crippen LogP contribution is -2.51. The van der Waals surface area contributed by atoms with E-state index in [1.807, 2.05) is 4.90 Å². The van der Waals surface area contributed by atoms with Gasteiger partial charge in [-0.15, -0.1) is 0 Å². The Morgan fingerprint density at radius 2 is 1.81 bits per heavy atom. The van der Waals surface area contributed by atoms with Crippen LogP contribution >= 0.6 is 0 Å². The van der Waals surface area contributed by atoms with E-state index in [1.54, 1.807) is 0 Å². The molecule has 1 amide bonds. The van der Waals surface area contributed by atoms with E-state index < -0.39 is 0 Å². The number of hydrogen-bond donors (Lipinski definition) is 1. The highest BCUT2D eigenvalue weighted by Gasteiger charge is 2.27. The van der Waals surface area contributed by atoms with Crippen molar-refractivity contribution in [2.24, 2.45) is 23.5 Å². The van der Waals surface area contributed by atoms with Crippen LogP contribution in [0.5, 0.6) is 0 Å². The quantitative estimate of drug-likeness (QED) is 0.783. The minimum Gasteiger partial charge on any atom is -0.341 e. The molecule has 0 saturated carbocycles. The third-order valence-electron chi connectivity index (χ3n) is 4.28. The number of hydrogen-bond acceptors (Lipinski definition) is 3. The first-order valence-corrected chi connectivity index (χ1v) is 8.59. The fourth-order valence-corrected chi connectivity index (χ4v) is 3.15. The molecule has 4 heteroatoms. The molecule has 0 aliphatic carbocycles. The standard InChI is InChI=1S/C17H35N3O/c1-6-15-11-19(8-7-16(15)18)12-17(21)20(9-13(2)3)10-14(4)5/h13-16H,6-12,18H2,1-5H3. The van der Waals surface area contributed by atoms with E-state index >= 15 is 0 Å². The molecule has 0 bridgehead atoms. The molecule has 2 N–H and O–H groups in total. The number of likely N-dealkylation sites (tertiary alicyclic amines) is 1. The van der Waals surface area contributed by atoms with Gasteiger partial charge in [-0.3, -0.25) is 9.69 Å². The molecule has 124 valence electrons. The summed E-state index contributed by atoms with van der Waals surface area (Å²) in [4.78, 5) is 17.0. The van der Waals surface area contributed by atoms with Gasteiger partial charge in [0.15, 0.2) is 0 Å². The number of nitrogens with zero attached hydrogens (tertiary/aromatic N) is 2. The van der Waals surface area contributed by atoms with Gasteiger partial charge in [-0.1, -0.05) is 41.0 Å². The summed E-state index contributed by atoms with van der Waals surface area (Å²) in [5.74, 6) is 1.86. The van der Waals surface area contributed by atoms with E-state index in [4.69, 9.17) is 5.73 Å². The van der Waals surface area contributed by atoms with Gasteiger partial charge in [0.05, 0.1) is 6.54 Å². The molecule has 0 aromatic carbocycles. The van der Waals surface area contributed by atoms with Gasteiger partial charge < -0.3 is 10.6 Å². The number of nitrogens with two attached hydrogens (primary N) is 1. The van der Waals surface area contributed by atoms with Gasteiger partial charge >= 0.3 is 0 Å². The van der Waals surface area contributed by atoms with Crippen molar-refractivity contribution >= 4 is 5.91 Å². The van der Waals surface area contributed by atoms with Crippen LogP contribution in [0.3, 0.4) is 0 Å². The summed E-state index contributed by atoms with van der Waals surface area (Å²) in [7, 11) is 0.